The number of ether oxygens (including phenoxy) is 1. The molecule has 0 aliphatic heterocycles. The predicted octanol–water partition coefficient (Wildman–Crippen LogP) is 1.41. The fourth-order valence-electron chi connectivity index (χ4n) is 1.80. The minimum atomic E-state index is -3.45. The summed E-state index contributed by atoms with van der Waals surface area (Å²) in [5, 5.41) is 0. The van der Waals surface area contributed by atoms with Crippen LogP contribution in [-0.4, -0.2) is 39.5 Å². The summed E-state index contributed by atoms with van der Waals surface area (Å²) in [6.45, 7) is 3.70. The van der Waals surface area contributed by atoms with E-state index in [9.17, 15) is 8.42 Å². The Kier molecular flexibility index (Phi) is 4.95. The van der Waals surface area contributed by atoms with Crippen molar-refractivity contribution in [1.82, 2.24) is 9.03 Å². The van der Waals surface area contributed by atoms with Gasteiger partial charge in [0.1, 0.15) is 5.75 Å². The lowest BCUT2D eigenvalue weighted by atomic mass is 9.96. The fourth-order valence-corrected chi connectivity index (χ4v) is 2.75. The van der Waals surface area contributed by atoms with Crippen LogP contribution in [0, 0.1) is 0 Å². The van der Waals surface area contributed by atoms with E-state index in [1.54, 1.807) is 7.11 Å². The minimum Gasteiger partial charge on any atom is -0.496 e. The Morgan fingerprint density at radius 2 is 1.84 bits per heavy atom. The Morgan fingerprint density at radius 3 is 2.37 bits per heavy atom. The van der Waals surface area contributed by atoms with Gasteiger partial charge in [0.25, 0.3) is 10.2 Å². The second-order valence-corrected chi connectivity index (χ2v) is 7.15. The van der Waals surface area contributed by atoms with Gasteiger partial charge in [0.05, 0.1) is 7.11 Å². The molecule has 1 rings (SSSR count). The number of nitrogens with zero attached hydrogens (tertiary/aromatic N) is 1. The summed E-state index contributed by atoms with van der Waals surface area (Å²) in [7, 11) is 1.16. The Balaban J connectivity index is 2.91. The lowest BCUT2D eigenvalue weighted by Gasteiger charge is -2.28. The molecule has 0 spiro atoms. The zero-order chi connectivity index (χ0) is 14.7. The van der Waals surface area contributed by atoms with Crippen molar-refractivity contribution in [2.45, 2.75) is 25.8 Å². The van der Waals surface area contributed by atoms with E-state index in [-0.39, 0.29) is 0 Å². The van der Waals surface area contributed by atoms with Crippen LogP contribution in [0.5, 0.6) is 5.75 Å². The van der Waals surface area contributed by atoms with Crippen LogP contribution in [0.4, 0.5) is 0 Å². The third kappa shape index (κ3) is 4.49. The zero-order valence-electron chi connectivity index (χ0n) is 12.1. The molecule has 0 aliphatic rings. The smallest absolute Gasteiger partial charge is 0.279 e. The molecule has 0 aliphatic carbocycles. The van der Waals surface area contributed by atoms with Crippen LogP contribution in [0.3, 0.4) is 0 Å². The quantitative estimate of drug-likeness (QED) is 0.860. The fraction of sp³-hybridized carbons (Fsp3) is 0.538. The maximum Gasteiger partial charge on any atom is 0.279 e. The summed E-state index contributed by atoms with van der Waals surface area (Å²) in [6, 6.07) is 7.60. The van der Waals surface area contributed by atoms with E-state index in [4.69, 9.17) is 4.74 Å². The average molecular weight is 286 g/mol. The topological polar surface area (TPSA) is 58.6 Å². The van der Waals surface area contributed by atoms with E-state index in [0.29, 0.717) is 6.42 Å². The third-order valence-electron chi connectivity index (χ3n) is 2.71. The molecule has 0 amide bonds. The first-order chi connectivity index (χ1) is 8.68. The number of hydrogen-bond donors (Lipinski definition) is 1. The van der Waals surface area contributed by atoms with Gasteiger partial charge in [-0.05, 0) is 31.9 Å². The van der Waals surface area contributed by atoms with Crippen molar-refractivity contribution in [2.75, 3.05) is 21.2 Å². The highest BCUT2D eigenvalue weighted by Crippen LogP contribution is 2.23. The highest BCUT2D eigenvalue weighted by atomic mass is 32.2. The van der Waals surface area contributed by atoms with Gasteiger partial charge in [-0.3, -0.25) is 0 Å². The molecule has 5 nitrogen and oxygen atoms in total. The van der Waals surface area contributed by atoms with E-state index >= 15 is 0 Å². The van der Waals surface area contributed by atoms with Crippen LogP contribution in [0.1, 0.15) is 19.4 Å². The molecular formula is C13H22N2O3S. The van der Waals surface area contributed by atoms with Crippen molar-refractivity contribution in [1.29, 1.82) is 0 Å². The van der Waals surface area contributed by atoms with Crippen molar-refractivity contribution in [3.63, 3.8) is 0 Å². The monoisotopic (exact) mass is 286 g/mol. The summed E-state index contributed by atoms with van der Waals surface area (Å²) in [5.74, 6) is 0.764. The summed E-state index contributed by atoms with van der Waals surface area (Å²) in [6.07, 6.45) is 0.546. The molecule has 0 heterocycles. The second-order valence-electron chi connectivity index (χ2n) is 5.26. The second kappa shape index (κ2) is 5.90. The lowest BCUT2D eigenvalue weighted by Crippen LogP contribution is -2.49. The van der Waals surface area contributed by atoms with Crippen molar-refractivity contribution in [3.8, 4) is 5.75 Å². The first-order valence-corrected chi connectivity index (χ1v) is 7.45. The Hall–Kier alpha value is -1.11. The molecule has 6 heteroatoms. The molecule has 108 valence electrons. The molecule has 0 aromatic heterocycles. The zero-order valence-corrected chi connectivity index (χ0v) is 12.9. The molecule has 0 fully saturated rings. The van der Waals surface area contributed by atoms with Crippen molar-refractivity contribution < 1.29 is 13.2 Å². The highest BCUT2D eigenvalue weighted by Gasteiger charge is 2.27. The maximum atomic E-state index is 11.9. The molecule has 0 saturated heterocycles. The van der Waals surface area contributed by atoms with Crippen LogP contribution in [0.2, 0.25) is 0 Å². The highest BCUT2D eigenvalue weighted by molar-refractivity contribution is 7.87. The van der Waals surface area contributed by atoms with Gasteiger partial charge in [-0.1, -0.05) is 18.2 Å². The Morgan fingerprint density at radius 1 is 1.26 bits per heavy atom. The molecule has 1 aromatic rings. The van der Waals surface area contributed by atoms with Crippen LogP contribution in [-0.2, 0) is 16.6 Å². The molecule has 0 unspecified atom stereocenters. The molecule has 0 saturated carbocycles. The average Bonchev–Trinajstić information content (AvgIpc) is 2.27. The number of rotatable bonds is 6. The Labute approximate surface area is 115 Å². The molecule has 0 radical (unpaired) electrons. The Bertz CT molecular complexity index is 524. The third-order valence-corrected chi connectivity index (χ3v) is 4.48. The standard InChI is InChI=1S/C13H22N2O3S/c1-13(2,14-19(16,17)15(3)4)10-11-8-6-7-9-12(11)18-5/h6-9,14H,10H2,1-5H3. The SMILES string of the molecule is COc1ccccc1CC(C)(C)NS(=O)(=O)N(C)C. The van der Waals surface area contributed by atoms with Gasteiger partial charge in [0.2, 0.25) is 0 Å². The number of benzene rings is 1. The first-order valence-electron chi connectivity index (χ1n) is 6.01. The van der Waals surface area contributed by atoms with E-state index < -0.39 is 15.7 Å². The van der Waals surface area contributed by atoms with Crippen LogP contribution >= 0.6 is 0 Å². The van der Waals surface area contributed by atoms with Crippen LogP contribution in [0.25, 0.3) is 0 Å². The van der Waals surface area contributed by atoms with Crippen LogP contribution in [0.15, 0.2) is 24.3 Å². The number of methoxy groups -OCH3 is 1. The predicted molar refractivity (Wildman–Crippen MR) is 76.5 cm³/mol. The van der Waals surface area contributed by atoms with E-state index in [2.05, 4.69) is 4.72 Å². The van der Waals surface area contributed by atoms with Gasteiger partial charge in [-0.25, -0.2) is 0 Å². The molecular weight excluding hydrogens is 264 g/mol. The normalized spacial score (nSPS) is 12.7. The minimum absolute atomic E-state index is 0.546. The summed E-state index contributed by atoms with van der Waals surface area (Å²) in [4.78, 5) is 0. The van der Waals surface area contributed by atoms with Crippen molar-refractivity contribution in [2.24, 2.45) is 0 Å². The van der Waals surface area contributed by atoms with Crippen molar-refractivity contribution in [3.05, 3.63) is 29.8 Å². The van der Waals surface area contributed by atoms with Crippen LogP contribution < -0.4 is 9.46 Å². The van der Waals surface area contributed by atoms with E-state index in [1.807, 2.05) is 38.1 Å². The van der Waals surface area contributed by atoms with Gasteiger partial charge >= 0.3 is 0 Å². The molecule has 1 N–H and O–H groups in total. The summed E-state index contributed by atoms with van der Waals surface area (Å²) < 4.78 is 32.9. The van der Waals surface area contributed by atoms with E-state index in [0.717, 1.165) is 15.6 Å². The number of nitrogens with one attached hydrogen (secondary N) is 1. The first kappa shape index (κ1) is 15.9. The molecule has 0 bridgehead atoms. The number of hydrogen-bond acceptors (Lipinski definition) is 3. The van der Waals surface area contributed by atoms with Gasteiger partial charge < -0.3 is 4.74 Å². The summed E-state index contributed by atoms with van der Waals surface area (Å²) >= 11 is 0. The van der Waals surface area contributed by atoms with Gasteiger partial charge in [0, 0.05) is 19.6 Å². The van der Waals surface area contributed by atoms with Gasteiger partial charge in [0.15, 0.2) is 0 Å². The van der Waals surface area contributed by atoms with Gasteiger partial charge in [-0.15, -0.1) is 0 Å². The lowest BCUT2D eigenvalue weighted by molar-refractivity contribution is 0.391. The summed E-state index contributed by atoms with van der Waals surface area (Å²) in [5.41, 5.74) is 0.369. The van der Waals surface area contributed by atoms with E-state index in [1.165, 1.54) is 14.1 Å². The van der Waals surface area contributed by atoms with Gasteiger partial charge in [-0.2, -0.15) is 17.4 Å². The molecule has 0 atom stereocenters. The van der Waals surface area contributed by atoms with Crippen molar-refractivity contribution >= 4 is 10.2 Å². The molecule has 1 aromatic carbocycles. The number of para-hydroxylation sites is 1. The largest absolute Gasteiger partial charge is 0.496 e. The molecule has 19 heavy (non-hydrogen) atoms. The maximum absolute atomic E-state index is 11.9.